The molecule has 12 heteroatoms. The van der Waals surface area contributed by atoms with Gasteiger partial charge in [-0.2, -0.15) is 0 Å². The molecule has 0 bridgehead atoms. The predicted octanol–water partition coefficient (Wildman–Crippen LogP) is -1.11. The molecule has 2 aliphatic heterocycles. The number of anilines is 2. The summed E-state index contributed by atoms with van der Waals surface area (Å²) in [6.07, 6.45) is 2.65. The van der Waals surface area contributed by atoms with Crippen LogP contribution in [0.25, 0.3) is 0 Å². The molecule has 0 unspecified atom stereocenters. The van der Waals surface area contributed by atoms with Crippen molar-refractivity contribution < 1.29 is 29.5 Å². The Kier molecular flexibility index (Phi) is 9.66. The molecular weight excluding hydrogens is 524 g/mol. The zero-order valence-corrected chi connectivity index (χ0v) is 23.2. The predicted molar refractivity (Wildman–Crippen MR) is 149 cm³/mol. The van der Waals surface area contributed by atoms with Gasteiger partial charge in [0.15, 0.2) is 10.3 Å². The van der Waals surface area contributed by atoms with Crippen LogP contribution in [-0.4, -0.2) is 111 Å². The molecule has 206 valence electrons. The summed E-state index contributed by atoms with van der Waals surface area (Å²) in [5.74, 6) is 1.39. The van der Waals surface area contributed by atoms with Crippen molar-refractivity contribution >= 4 is 32.9 Å². The van der Waals surface area contributed by atoms with Crippen LogP contribution in [-0.2, 0) is 0 Å². The van der Waals surface area contributed by atoms with Gasteiger partial charge in [-0.3, -0.25) is 0 Å². The lowest BCUT2D eigenvalue weighted by Crippen LogP contribution is -3.16. The Labute approximate surface area is 231 Å². The summed E-state index contributed by atoms with van der Waals surface area (Å²) in [5.41, 5.74) is 0. The fourth-order valence-electron chi connectivity index (χ4n) is 4.98. The topological polar surface area (TPSA) is 100 Å². The monoisotopic (exact) mass is 562 g/mol. The number of ether oxygens (including phenoxy) is 2. The summed E-state index contributed by atoms with van der Waals surface area (Å²) in [4.78, 5) is 16.2. The van der Waals surface area contributed by atoms with Crippen molar-refractivity contribution in [2.75, 3.05) is 88.5 Å². The van der Waals surface area contributed by atoms with Gasteiger partial charge in [0.1, 0.15) is 50.0 Å². The molecule has 0 radical (unpaired) electrons. The largest absolute Gasteiger partial charge is 0.491 e. The first-order valence-electron chi connectivity index (χ1n) is 13.3. The summed E-state index contributed by atoms with van der Waals surface area (Å²) >= 11 is 3.35. The van der Waals surface area contributed by atoms with E-state index in [9.17, 15) is 10.2 Å². The Morgan fingerprint density at radius 2 is 1.11 bits per heavy atom. The highest BCUT2D eigenvalue weighted by molar-refractivity contribution is 7.13. The number of hydrogen-bond acceptors (Lipinski definition) is 10. The summed E-state index contributed by atoms with van der Waals surface area (Å²) in [7, 11) is 0. The minimum Gasteiger partial charge on any atom is -0.491 e. The van der Waals surface area contributed by atoms with Gasteiger partial charge < -0.3 is 39.3 Å². The molecule has 1 aromatic carbocycles. The van der Waals surface area contributed by atoms with Gasteiger partial charge in [0.2, 0.25) is 0 Å². The zero-order chi connectivity index (χ0) is 26.2. The molecule has 2 fully saturated rings. The number of rotatable bonds is 12. The van der Waals surface area contributed by atoms with Gasteiger partial charge in [-0.1, -0.05) is 0 Å². The van der Waals surface area contributed by atoms with Crippen LogP contribution >= 0.6 is 22.7 Å². The van der Waals surface area contributed by atoms with Gasteiger partial charge in [-0.05, 0) is 24.3 Å². The van der Waals surface area contributed by atoms with Crippen LogP contribution in [0.15, 0.2) is 47.4 Å². The van der Waals surface area contributed by atoms with Crippen LogP contribution < -0.4 is 29.1 Å². The smallest absolute Gasteiger partial charge is 0.185 e. The van der Waals surface area contributed by atoms with Gasteiger partial charge >= 0.3 is 0 Å². The number of piperazine rings is 2. The molecule has 38 heavy (non-hydrogen) atoms. The van der Waals surface area contributed by atoms with Crippen LogP contribution in [0.4, 0.5) is 10.3 Å². The maximum atomic E-state index is 10.5. The Bertz CT molecular complexity index is 971. The summed E-state index contributed by atoms with van der Waals surface area (Å²) in [5, 5.41) is 27.1. The number of hydrogen-bond donors (Lipinski definition) is 4. The van der Waals surface area contributed by atoms with Crippen molar-refractivity contribution in [1.29, 1.82) is 0 Å². The fourth-order valence-corrected chi connectivity index (χ4v) is 6.38. The SMILES string of the molecule is O[C@@H](COc1ccc(OC[C@H](O)C[NH+]2CCN(c3nccs3)CC2)cc1)C[NH+]1CCN(c2nccs2)CC1. The lowest BCUT2D eigenvalue weighted by atomic mass is 10.2. The normalized spacial score (nSPS) is 18.9. The third-order valence-electron chi connectivity index (χ3n) is 7.08. The van der Waals surface area contributed by atoms with Crippen LogP contribution in [0.5, 0.6) is 11.5 Å². The number of thiazole rings is 2. The van der Waals surface area contributed by atoms with Crippen molar-refractivity contribution in [2.24, 2.45) is 0 Å². The quantitative estimate of drug-likeness (QED) is 0.221. The van der Waals surface area contributed by atoms with E-state index in [2.05, 4.69) is 19.8 Å². The van der Waals surface area contributed by atoms with Crippen LogP contribution in [0.1, 0.15) is 0 Å². The van der Waals surface area contributed by atoms with E-state index < -0.39 is 12.2 Å². The van der Waals surface area contributed by atoms with E-state index in [1.807, 2.05) is 47.4 Å². The molecule has 2 aromatic heterocycles. The molecule has 2 atom stereocenters. The van der Waals surface area contributed by atoms with Crippen molar-refractivity contribution in [3.63, 3.8) is 0 Å². The maximum Gasteiger partial charge on any atom is 0.185 e. The molecule has 3 aromatic rings. The van der Waals surface area contributed by atoms with E-state index in [1.54, 1.807) is 22.7 Å². The van der Waals surface area contributed by atoms with Gasteiger partial charge in [0.25, 0.3) is 0 Å². The molecule has 4 heterocycles. The second-order valence-corrected chi connectivity index (χ2v) is 11.7. The van der Waals surface area contributed by atoms with E-state index in [-0.39, 0.29) is 13.2 Å². The summed E-state index contributed by atoms with van der Waals surface area (Å²) in [6, 6.07) is 7.38. The van der Waals surface area contributed by atoms with Gasteiger partial charge in [0.05, 0.1) is 52.4 Å². The lowest BCUT2D eigenvalue weighted by molar-refractivity contribution is -0.903. The molecule has 5 rings (SSSR count). The first-order chi connectivity index (χ1) is 18.6. The highest BCUT2D eigenvalue weighted by Gasteiger charge is 2.25. The first kappa shape index (κ1) is 27.1. The molecule has 2 saturated heterocycles. The van der Waals surface area contributed by atoms with Gasteiger partial charge in [-0.25, -0.2) is 9.97 Å². The highest BCUT2D eigenvalue weighted by atomic mass is 32.1. The molecule has 0 amide bonds. The molecule has 0 aliphatic carbocycles. The van der Waals surface area contributed by atoms with Crippen molar-refractivity contribution in [3.8, 4) is 11.5 Å². The summed E-state index contributed by atoms with van der Waals surface area (Å²) in [6.45, 7) is 9.63. The van der Waals surface area contributed by atoms with Crippen LogP contribution in [0.2, 0.25) is 0 Å². The average molecular weight is 563 g/mol. The number of benzene rings is 1. The second kappa shape index (κ2) is 13.5. The van der Waals surface area contributed by atoms with E-state index in [4.69, 9.17) is 9.47 Å². The highest BCUT2D eigenvalue weighted by Crippen LogP contribution is 2.19. The Balaban J connectivity index is 0.951. The Hall–Kier alpha value is -2.48. The molecular formula is C26H38N6O4S2+2. The van der Waals surface area contributed by atoms with Gasteiger partial charge in [0, 0.05) is 23.2 Å². The number of nitrogens with one attached hydrogen (secondary N) is 2. The standard InChI is InChI=1S/C26H36N6O4S2/c33-21(17-29-7-11-31(12-8-29)25-27-5-15-37-25)19-35-23-1-2-24(4-3-23)36-20-22(34)18-30-9-13-32(14-10-30)26-28-6-16-38-26/h1-6,15-16,21-22,33-34H,7-14,17-20H2/p+2/t21-,22-/m1/s1. The van der Waals surface area contributed by atoms with Gasteiger partial charge in [-0.15, -0.1) is 22.7 Å². The third kappa shape index (κ3) is 7.78. The molecule has 0 saturated carbocycles. The molecule has 4 N–H and O–H groups in total. The van der Waals surface area contributed by atoms with Crippen molar-refractivity contribution in [2.45, 2.75) is 12.2 Å². The van der Waals surface area contributed by atoms with Crippen LogP contribution in [0.3, 0.4) is 0 Å². The maximum absolute atomic E-state index is 10.5. The van der Waals surface area contributed by atoms with E-state index in [0.717, 1.165) is 62.6 Å². The molecule has 2 aliphatic rings. The van der Waals surface area contributed by atoms with E-state index >= 15 is 0 Å². The number of aliphatic hydroxyl groups is 2. The number of aliphatic hydroxyl groups excluding tert-OH is 2. The Morgan fingerprint density at radius 3 is 1.45 bits per heavy atom. The second-order valence-electron chi connectivity index (χ2n) is 9.91. The van der Waals surface area contributed by atoms with Crippen molar-refractivity contribution in [1.82, 2.24) is 9.97 Å². The minimum absolute atomic E-state index is 0.261. The minimum atomic E-state index is -0.520. The molecule has 0 spiro atoms. The lowest BCUT2D eigenvalue weighted by Gasteiger charge is -2.32. The van der Waals surface area contributed by atoms with E-state index in [1.165, 1.54) is 9.80 Å². The van der Waals surface area contributed by atoms with Crippen LogP contribution in [0, 0.1) is 0 Å². The third-order valence-corrected chi connectivity index (χ3v) is 8.74. The Morgan fingerprint density at radius 1 is 0.711 bits per heavy atom. The van der Waals surface area contributed by atoms with E-state index in [0.29, 0.717) is 24.6 Å². The number of quaternary nitrogens is 2. The fraction of sp³-hybridized carbons (Fsp3) is 0.538. The molecule has 10 nitrogen and oxygen atoms in total. The number of nitrogens with zero attached hydrogens (tertiary/aromatic N) is 4. The van der Waals surface area contributed by atoms with Crippen molar-refractivity contribution in [3.05, 3.63) is 47.4 Å². The summed E-state index contributed by atoms with van der Waals surface area (Å²) < 4.78 is 11.6. The zero-order valence-electron chi connectivity index (χ0n) is 21.6. The first-order valence-corrected chi connectivity index (χ1v) is 15.1. The number of aromatic nitrogens is 2. The average Bonchev–Trinajstić information content (AvgIpc) is 3.68.